The van der Waals surface area contributed by atoms with Crippen LogP contribution in [0.25, 0.3) is 0 Å². The van der Waals surface area contributed by atoms with E-state index in [0.717, 1.165) is 18.7 Å². The molecule has 16 heavy (non-hydrogen) atoms. The van der Waals surface area contributed by atoms with Gasteiger partial charge in [-0.3, -0.25) is 4.79 Å². The van der Waals surface area contributed by atoms with E-state index in [1.807, 2.05) is 12.1 Å². The van der Waals surface area contributed by atoms with Crippen LogP contribution in [0.3, 0.4) is 0 Å². The van der Waals surface area contributed by atoms with E-state index in [-0.39, 0.29) is 5.91 Å². The molecular weight excluding hydrogens is 202 g/mol. The molecular formula is C13H17NO2. The molecule has 1 amide bonds. The molecule has 3 nitrogen and oxygen atoms in total. The highest BCUT2D eigenvalue weighted by Gasteiger charge is 2.22. The van der Waals surface area contributed by atoms with Crippen molar-refractivity contribution >= 4 is 5.91 Å². The molecule has 1 aromatic carbocycles. The molecule has 0 aliphatic carbocycles. The quantitative estimate of drug-likeness (QED) is 0.826. The number of hydrogen-bond donors (Lipinski definition) is 1. The van der Waals surface area contributed by atoms with Gasteiger partial charge in [0.05, 0.1) is 7.11 Å². The molecule has 1 aromatic rings. The van der Waals surface area contributed by atoms with Crippen molar-refractivity contribution in [2.75, 3.05) is 13.7 Å². The fraction of sp³-hybridized carbons (Fsp3) is 0.462. The average molecular weight is 219 g/mol. The van der Waals surface area contributed by atoms with Crippen molar-refractivity contribution in [3.05, 3.63) is 29.3 Å². The van der Waals surface area contributed by atoms with E-state index in [0.29, 0.717) is 12.3 Å². The first-order valence-corrected chi connectivity index (χ1v) is 5.62. The normalized spacial score (nSPS) is 20.4. The van der Waals surface area contributed by atoms with Crippen molar-refractivity contribution in [2.24, 2.45) is 0 Å². The first-order valence-electron chi connectivity index (χ1n) is 5.62. The number of ether oxygens (including phenoxy) is 1. The molecule has 0 spiro atoms. The van der Waals surface area contributed by atoms with Crippen LogP contribution in [0.2, 0.25) is 0 Å². The fourth-order valence-corrected chi connectivity index (χ4v) is 2.17. The zero-order valence-corrected chi connectivity index (χ0v) is 9.75. The SMILES string of the molecule is COc1ccc(C)cc1C1CCC(=O)NC1. The summed E-state index contributed by atoms with van der Waals surface area (Å²) in [4.78, 5) is 11.1. The lowest BCUT2D eigenvalue weighted by atomic mass is 9.90. The minimum absolute atomic E-state index is 0.155. The fourth-order valence-electron chi connectivity index (χ4n) is 2.17. The van der Waals surface area contributed by atoms with Crippen molar-refractivity contribution < 1.29 is 9.53 Å². The van der Waals surface area contributed by atoms with Crippen molar-refractivity contribution in [1.82, 2.24) is 5.32 Å². The van der Waals surface area contributed by atoms with Gasteiger partial charge >= 0.3 is 0 Å². The van der Waals surface area contributed by atoms with Gasteiger partial charge in [0.1, 0.15) is 5.75 Å². The molecule has 1 heterocycles. The Labute approximate surface area is 95.8 Å². The number of amides is 1. The molecule has 0 bridgehead atoms. The maximum atomic E-state index is 11.1. The number of aryl methyl sites for hydroxylation is 1. The zero-order valence-electron chi connectivity index (χ0n) is 9.75. The molecule has 1 atom stereocenters. The third-order valence-electron chi connectivity index (χ3n) is 3.09. The molecule has 0 radical (unpaired) electrons. The summed E-state index contributed by atoms with van der Waals surface area (Å²) in [6.07, 6.45) is 1.52. The van der Waals surface area contributed by atoms with Gasteiger partial charge in [-0.1, -0.05) is 17.7 Å². The van der Waals surface area contributed by atoms with E-state index >= 15 is 0 Å². The number of rotatable bonds is 2. The van der Waals surface area contributed by atoms with Crippen molar-refractivity contribution in [3.63, 3.8) is 0 Å². The smallest absolute Gasteiger partial charge is 0.220 e. The van der Waals surface area contributed by atoms with Gasteiger partial charge in [0.25, 0.3) is 0 Å². The molecule has 1 aliphatic heterocycles. The highest BCUT2D eigenvalue weighted by atomic mass is 16.5. The van der Waals surface area contributed by atoms with Crippen molar-refractivity contribution in [2.45, 2.75) is 25.7 Å². The van der Waals surface area contributed by atoms with Gasteiger partial charge in [-0.2, -0.15) is 0 Å². The monoisotopic (exact) mass is 219 g/mol. The van der Waals surface area contributed by atoms with E-state index in [2.05, 4.69) is 18.3 Å². The first kappa shape index (κ1) is 11.0. The van der Waals surface area contributed by atoms with Crippen LogP contribution in [0.1, 0.15) is 29.9 Å². The summed E-state index contributed by atoms with van der Waals surface area (Å²) in [5.41, 5.74) is 2.44. The van der Waals surface area contributed by atoms with Crippen LogP contribution in [0.4, 0.5) is 0 Å². The molecule has 1 N–H and O–H groups in total. The Hall–Kier alpha value is -1.51. The second-order valence-corrected chi connectivity index (χ2v) is 4.29. The maximum absolute atomic E-state index is 11.1. The van der Waals surface area contributed by atoms with E-state index in [1.165, 1.54) is 11.1 Å². The number of benzene rings is 1. The molecule has 2 rings (SSSR count). The van der Waals surface area contributed by atoms with Gasteiger partial charge in [-0.05, 0) is 25.0 Å². The van der Waals surface area contributed by atoms with Crippen LogP contribution in [0.15, 0.2) is 18.2 Å². The van der Waals surface area contributed by atoms with Gasteiger partial charge < -0.3 is 10.1 Å². The Morgan fingerprint density at radius 1 is 1.44 bits per heavy atom. The highest BCUT2D eigenvalue weighted by molar-refractivity contribution is 5.77. The maximum Gasteiger partial charge on any atom is 0.220 e. The second-order valence-electron chi connectivity index (χ2n) is 4.29. The third kappa shape index (κ3) is 2.18. The lowest BCUT2D eigenvalue weighted by Crippen LogP contribution is -2.33. The van der Waals surface area contributed by atoms with Crippen LogP contribution < -0.4 is 10.1 Å². The van der Waals surface area contributed by atoms with Gasteiger partial charge in [-0.15, -0.1) is 0 Å². The molecule has 0 saturated carbocycles. The van der Waals surface area contributed by atoms with E-state index in [1.54, 1.807) is 7.11 Å². The standard InChI is InChI=1S/C13H17NO2/c1-9-3-5-12(16-2)11(7-9)10-4-6-13(15)14-8-10/h3,5,7,10H,4,6,8H2,1-2H3,(H,14,15). The van der Waals surface area contributed by atoms with Crippen molar-refractivity contribution in [1.29, 1.82) is 0 Å². The van der Waals surface area contributed by atoms with Crippen LogP contribution in [-0.2, 0) is 4.79 Å². The number of methoxy groups -OCH3 is 1. The Morgan fingerprint density at radius 2 is 2.25 bits per heavy atom. The number of hydrogen-bond acceptors (Lipinski definition) is 2. The molecule has 1 aliphatic rings. The molecule has 0 aromatic heterocycles. The highest BCUT2D eigenvalue weighted by Crippen LogP contribution is 2.31. The number of carbonyl (C=O) groups is 1. The summed E-state index contributed by atoms with van der Waals surface area (Å²) >= 11 is 0. The Balaban J connectivity index is 2.24. The van der Waals surface area contributed by atoms with Crippen LogP contribution in [0, 0.1) is 6.92 Å². The van der Waals surface area contributed by atoms with Crippen LogP contribution in [-0.4, -0.2) is 19.6 Å². The summed E-state index contributed by atoms with van der Waals surface area (Å²) in [5.74, 6) is 1.46. The molecule has 1 unspecified atom stereocenters. The lowest BCUT2D eigenvalue weighted by molar-refractivity contribution is -0.122. The Bertz CT molecular complexity index is 391. The predicted molar refractivity (Wildman–Crippen MR) is 62.7 cm³/mol. The second kappa shape index (κ2) is 4.56. The van der Waals surface area contributed by atoms with E-state index in [9.17, 15) is 4.79 Å². The van der Waals surface area contributed by atoms with E-state index in [4.69, 9.17) is 4.74 Å². The largest absolute Gasteiger partial charge is 0.496 e. The summed E-state index contributed by atoms with van der Waals surface area (Å²) in [7, 11) is 1.69. The third-order valence-corrected chi connectivity index (χ3v) is 3.09. The summed E-state index contributed by atoms with van der Waals surface area (Å²) in [5, 5.41) is 2.91. The summed E-state index contributed by atoms with van der Waals surface area (Å²) in [6.45, 7) is 2.79. The Morgan fingerprint density at radius 3 is 2.88 bits per heavy atom. The topological polar surface area (TPSA) is 38.3 Å². The number of nitrogens with one attached hydrogen (secondary N) is 1. The average Bonchev–Trinajstić information content (AvgIpc) is 2.30. The van der Waals surface area contributed by atoms with Crippen molar-refractivity contribution in [3.8, 4) is 5.75 Å². The minimum Gasteiger partial charge on any atom is -0.496 e. The first-order chi connectivity index (χ1) is 7.70. The van der Waals surface area contributed by atoms with Gasteiger partial charge in [0, 0.05) is 18.9 Å². The van der Waals surface area contributed by atoms with Gasteiger partial charge in [0.2, 0.25) is 5.91 Å². The molecule has 3 heteroatoms. The zero-order chi connectivity index (χ0) is 11.5. The summed E-state index contributed by atoms with van der Waals surface area (Å²) < 4.78 is 5.37. The lowest BCUT2D eigenvalue weighted by Gasteiger charge is -2.24. The van der Waals surface area contributed by atoms with Gasteiger partial charge in [-0.25, -0.2) is 0 Å². The van der Waals surface area contributed by atoms with Crippen LogP contribution in [0.5, 0.6) is 5.75 Å². The number of piperidine rings is 1. The van der Waals surface area contributed by atoms with E-state index < -0.39 is 0 Å². The Kier molecular flexibility index (Phi) is 3.13. The molecule has 86 valence electrons. The molecule has 1 fully saturated rings. The minimum atomic E-state index is 0.155. The predicted octanol–water partition coefficient (Wildman–Crippen LogP) is 2.00. The number of carbonyl (C=O) groups excluding carboxylic acids is 1. The molecule has 1 saturated heterocycles. The summed E-state index contributed by atoms with van der Waals surface area (Å²) in [6, 6.07) is 6.20. The van der Waals surface area contributed by atoms with Gasteiger partial charge in [0.15, 0.2) is 0 Å². The van der Waals surface area contributed by atoms with Crippen LogP contribution >= 0.6 is 0 Å².